The molecule has 3 aromatic rings. The Morgan fingerprint density at radius 2 is 1.68 bits per heavy atom. The second-order valence-electron chi connectivity index (χ2n) is 6.38. The van der Waals surface area contributed by atoms with Gasteiger partial charge in [-0.05, 0) is 31.2 Å². The largest absolute Gasteiger partial charge is 0.450 e. The number of hydrogen-bond donors (Lipinski definition) is 2. The van der Waals surface area contributed by atoms with E-state index >= 15 is 0 Å². The lowest BCUT2D eigenvalue weighted by Gasteiger charge is -2.12. The second-order valence-corrected chi connectivity index (χ2v) is 6.38. The maximum atomic E-state index is 12.3. The molecule has 0 aliphatic heterocycles. The van der Waals surface area contributed by atoms with E-state index in [1.54, 1.807) is 6.07 Å². The minimum atomic E-state index is -0.226. The van der Waals surface area contributed by atoms with Crippen LogP contribution in [0.2, 0.25) is 0 Å². The highest BCUT2D eigenvalue weighted by molar-refractivity contribution is 6.02. The van der Waals surface area contributed by atoms with Crippen molar-refractivity contribution in [1.82, 2.24) is 0 Å². The average Bonchev–Trinajstić information content (AvgIpc) is 3.06. The van der Waals surface area contributed by atoms with Crippen molar-refractivity contribution in [2.75, 3.05) is 12.4 Å². The Morgan fingerprint density at radius 1 is 0.960 bits per heavy atom. The first-order valence-corrected chi connectivity index (χ1v) is 8.42. The average molecular weight is 335 g/mol. The van der Waals surface area contributed by atoms with Crippen molar-refractivity contribution >= 4 is 11.6 Å². The summed E-state index contributed by atoms with van der Waals surface area (Å²) in [6, 6.07) is 21.6. The SMILES string of the molecule is Cc1ccc(NC(=O)c2ccc(C[NH+](C)Cc3ccccc3)o2)cc1. The van der Waals surface area contributed by atoms with Gasteiger partial charge in [-0.15, -0.1) is 0 Å². The van der Waals surface area contributed by atoms with Crippen molar-refractivity contribution in [3.63, 3.8) is 0 Å². The number of quaternary nitrogens is 1. The molecule has 0 bridgehead atoms. The highest BCUT2D eigenvalue weighted by Gasteiger charge is 2.14. The molecule has 1 atom stereocenters. The van der Waals surface area contributed by atoms with Crippen LogP contribution in [-0.4, -0.2) is 13.0 Å². The third-order valence-corrected chi connectivity index (χ3v) is 4.02. The van der Waals surface area contributed by atoms with Gasteiger partial charge < -0.3 is 14.6 Å². The maximum absolute atomic E-state index is 12.3. The monoisotopic (exact) mass is 335 g/mol. The lowest BCUT2D eigenvalue weighted by molar-refractivity contribution is -0.908. The van der Waals surface area contributed by atoms with Gasteiger partial charge in [0.1, 0.15) is 13.1 Å². The van der Waals surface area contributed by atoms with Crippen molar-refractivity contribution < 1.29 is 14.1 Å². The predicted molar refractivity (Wildman–Crippen MR) is 98.6 cm³/mol. The fraction of sp³-hybridized carbons (Fsp3) is 0.190. The zero-order valence-corrected chi connectivity index (χ0v) is 14.6. The molecule has 0 radical (unpaired) electrons. The summed E-state index contributed by atoms with van der Waals surface area (Å²) in [6.07, 6.45) is 0. The van der Waals surface area contributed by atoms with Crippen LogP contribution in [0.1, 0.15) is 27.4 Å². The van der Waals surface area contributed by atoms with E-state index in [9.17, 15) is 4.79 Å². The molecule has 0 aliphatic rings. The number of carbonyl (C=O) groups is 1. The number of aryl methyl sites for hydroxylation is 1. The number of benzene rings is 2. The van der Waals surface area contributed by atoms with E-state index in [4.69, 9.17) is 4.42 Å². The highest BCUT2D eigenvalue weighted by atomic mass is 16.4. The molecular formula is C21H23N2O2+. The zero-order chi connectivity index (χ0) is 17.6. The van der Waals surface area contributed by atoms with Gasteiger partial charge in [-0.1, -0.05) is 48.0 Å². The summed E-state index contributed by atoms with van der Waals surface area (Å²) in [7, 11) is 2.11. The third-order valence-electron chi connectivity index (χ3n) is 4.02. The van der Waals surface area contributed by atoms with E-state index in [-0.39, 0.29) is 5.91 Å². The molecule has 0 fully saturated rings. The van der Waals surface area contributed by atoms with E-state index < -0.39 is 0 Å². The van der Waals surface area contributed by atoms with Crippen LogP contribution in [0.3, 0.4) is 0 Å². The Labute approximate surface area is 148 Å². The van der Waals surface area contributed by atoms with Crippen molar-refractivity contribution in [3.05, 3.63) is 89.4 Å². The van der Waals surface area contributed by atoms with Gasteiger partial charge in [-0.3, -0.25) is 4.79 Å². The van der Waals surface area contributed by atoms with Gasteiger partial charge in [0.25, 0.3) is 5.91 Å². The van der Waals surface area contributed by atoms with E-state index in [0.717, 1.165) is 30.1 Å². The van der Waals surface area contributed by atoms with Gasteiger partial charge in [-0.2, -0.15) is 0 Å². The van der Waals surface area contributed by atoms with E-state index in [0.29, 0.717) is 5.76 Å². The fourth-order valence-corrected chi connectivity index (χ4v) is 2.73. The van der Waals surface area contributed by atoms with Crippen LogP contribution in [0.5, 0.6) is 0 Å². The Balaban J connectivity index is 1.58. The molecule has 3 rings (SSSR count). The second kappa shape index (κ2) is 7.81. The number of anilines is 1. The smallest absolute Gasteiger partial charge is 0.291 e. The van der Waals surface area contributed by atoms with Crippen molar-refractivity contribution in [3.8, 4) is 0 Å². The molecule has 0 saturated heterocycles. The first-order valence-electron chi connectivity index (χ1n) is 8.42. The summed E-state index contributed by atoms with van der Waals surface area (Å²) >= 11 is 0. The summed E-state index contributed by atoms with van der Waals surface area (Å²) in [5, 5.41) is 2.85. The molecule has 0 aliphatic carbocycles. The molecule has 0 saturated carbocycles. The van der Waals surface area contributed by atoms with Crippen molar-refractivity contribution in [2.45, 2.75) is 20.0 Å². The first kappa shape index (κ1) is 17.0. The Hall–Kier alpha value is -2.85. The molecule has 25 heavy (non-hydrogen) atoms. The number of rotatable bonds is 6. The minimum Gasteiger partial charge on any atom is -0.450 e. The molecule has 1 aromatic heterocycles. The van der Waals surface area contributed by atoms with Crippen LogP contribution >= 0.6 is 0 Å². The van der Waals surface area contributed by atoms with Crippen LogP contribution in [-0.2, 0) is 13.1 Å². The van der Waals surface area contributed by atoms with Crippen LogP contribution in [0.4, 0.5) is 5.69 Å². The molecule has 1 unspecified atom stereocenters. The lowest BCUT2D eigenvalue weighted by Crippen LogP contribution is -3.06. The number of carbonyl (C=O) groups excluding carboxylic acids is 1. The Kier molecular flexibility index (Phi) is 5.31. The van der Waals surface area contributed by atoms with Crippen molar-refractivity contribution in [2.24, 2.45) is 0 Å². The topological polar surface area (TPSA) is 46.7 Å². The number of amides is 1. The predicted octanol–water partition coefficient (Wildman–Crippen LogP) is 3.06. The third kappa shape index (κ3) is 4.81. The number of hydrogen-bond acceptors (Lipinski definition) is 2. The molecule has 4 nitrogen and oxygen atoms in total. The molecule has 4 heteroatoms. The molecule has 1 amide bonds. The number of furan rings is 1. The summed E-state index contributed by atoms with van der Waals surface area (Å²) in [5.74, 6) is 0.918. The van der Waals surface area contributed by atoms with Crippen LogP contribution in [0.25, 0.3) is 0 Å². The first-order chi connectivity index (χ1) is 12.1. The summed E-state index contributed by atoms with van der Waals surface area (Å²) in [4.78, 5) is 13.6. The Bertz CT molecular complexity index is 823. The standard InChI is InChI=1S/C21H22N2O2/c1-16-8-10-18(11-9-16)22-21(24)20-13-12-19(25-20)15-23(2)14-17-6-4-3-5-7-17/h3-13H,14-15H2,1-2H3,(H,22,24)/p+1. The maximum Gasteiger partial charge on any atom is 0.291 e. The highest BCUT2D eigenvalue weighted by Crippen LogP contribution is 2.13. The molecule has 2 N–H and O–H groups in total. The van der Waals surface area contributed by atoms with Crippen LogP contribution in [0.15, 0.2) is 71.1 Å². The normalized spacial score (nSPS) is 11.9. The number of nitrogens with one attached hydrogen (secondary N) is 2. The summed E-state index contributed by atoms with van der Waals surface area (Å²) in [5.41, 5.74) is 3.20. The fourth-order valence-electron chi connectivity index (χ4n) is 2.73. The van der Waals surface area contributed by atoms with Gasteiger partial charge in [-0.25, -0.2) is 0 Å². The van der Waals surface area contributed by atoms with Crippen LogP contribution in [0, 0.1) is 6.92 Å². The zero-order valence-electron chi connectivity index (χ0n) is 14.6. The molecular weight excluding hydrogens is 312 g/mol. The molecule has 128 valence electrons. The van der Waals surface area contributed by atoms with Gasteiger partial charge in [0.05, 0.1) is 7.05 Å². The Morgan fingerprint density at radius 3 is 2.40 bits per heavy atom. The molecule has 0 spiro atoms. The minimum absolute atomic E-state index is 0.226. The quantitative estimate of drug-likeness (QED) is 0.727. The van der Waals surface area contributed by atoms with Crippen molar-refractivity contribution in [1.29, 1.82) is 0 Å². The van der Waals surface area contributed by atoms with E-state index in [2.05, 4.69) is 24.5 Å². The van der Waals surface area contributed by atoms with E-state index in [1.807, 2.05) is 55.5 Å². The molecule has 2 aromatic carbocycles. The van der Waals surface area contributed by atoms with Gasteiger partial charge in [0.2, 0.25) is 0 Å². The molecule has 1 heterocycles. The summed E-state index contributed by atoms with van der Waals surface area (Å²) < 4.78 is 5.72. The lowest BCUT2D eigenvalue weighted by atomic mass is 10.2. The van der Waals surface area contributed by atoms with Gasteiger partial charge >= 0.3 is 0 Å². The van der Waals surface area contributed by atoms with Gasteiger partial charge in [0.15, 0.2) is 11.5 Å². The van der Waals surface area contributed by atoms with E-state index in [1.165, 1.54) is 10.5 Å². The summed E-state index contributed by atoms with van der Waals surface area (Å²) in [6.45, 7) is 3.65. The van der Waals surface area contributed by atoms with Gasteiger partial charge in [0, 0.05) is 11.3 Å². The van der Waals surface area contributed by atoms with Crippen LogP contribution < -0.4 is 10.2 Å².